The van der Waals surface area contributed by atoms with Crippen LogP contribution in [0.25, 0.3) is 11.3 Å². The molecule has 1 aromatic heterocycles. The summed E-state index contributed by atoms with van der Waals surface area (Å²) < 4.78 is 1.98. The van der Waals surface area contributed by atoms with E-state index in [1.54, 1.807) is 23.5 Å². The summed E-state index contributed by atoms with van der Waals surface area (Å²) in [4.78, 5) is 16.8. The van der Waals surface area contributed by atoms with Crippen LogP contribution in [0.3, 0.4) is 0 Å². The van der Waals surface area contributed by atoms with Gasteiger partial charge in [-0.1, -0.05) is 46.3 Å². The molecule has 0 unspecified atom stereocenters. The first-order valence-electron chi connectivity index (χ1n) is 7.38. The molecule has 0 atom stereocenters. The summed E-state index contributed by atoms with van der Waals surface area (Å²) in [5, 5.41) is 3.93. The highest BCUT2D eigenvalue weighted by Crippen LogP contribution is 2.32. The smallest absolute Gasteiger partial charge is 0.251 e. The Bertz CT molecular complexity index is 832. The van der Waals surface area contributed by atoms with Crippen molar-refractivity contribution in [2.45, 2.75) is 6.42 Å². The number of rotatable bonds is 5. The second-order valence-electron chi connectivity index (χ2n) is 5.11. The summed E-state index contributed by atoms with van der Waals surface area (Å²) in [6.07, 6.45) is 0.707. The molecule has 0 saturated carbocycles. The Morgan fingerprint density at radius 1 is 1.04 bits per heavy atom. The molecule has 1 heterocycles. The van der Waals surface area contributed by atoms with Crippen LogP contribution in [-0.4, -0.2) is 17.4 Å². The number of amides is 1. The van der Waals surface area contributed by atoms with Crippen LogP contribution < -0.4 is 5.32 Å². The normalized spacial score (nSPS) is 10.6. The zero-order valence-electron chi connectivity index (χ0n) is 12.6. The van der Waals surface area contributed by atoms with Crippen LogP contribution in [0.2, 0.25) is 0 Å². The van der Waals surface area contributed by atoms with E-state index in [4.69, 9.17) is 0 Å². The van der Waals surface area contributed by atoms with Crippen molar-refractivity contribution in [2.75, 3.05) is 6.54 Å². The van der Waals surface area contributed by atoms with E-state index >= 15 is 0 Å². The molecule has 0 aliphatic heterocycles. The molecule has 122 valence electrons. The number of nitrogens with zero attached hydrogens (tertiary/aromatic N) is 1. The predicted molar refractivity (Wildman–Crippen MR) is 105 cm³/mol. The maximum Gasteiger partial charge on any atom is 0.251 e. The van der Waals surface area contributed by atoms with Crippen LogP contribution >= 0.6 is 43.2 Å². The van der Waals surface area contributed by atoms with Crippen molar-refractivity contribution in [1.82, 2.24) is 10.3 Å². The first-order chi connectivity index (χ1) is 11.6. The molecule has 0 bridgehead atoms. The van der Waals surface area contributed by atoms with Gasteiger partial charge in [-0.05, 0) is 40.2 Å². The van der Waals surface area contributed by atoms with Gasteiger partial charge in [0.2, 0.25) is 0 Å². The summed E-state index contributed by atoms with van der Waals surface area (Å²) in [7, 11) is 0. The van der Waals surface area contributed by atoms with Gasteiger partial charge in [0.05, 0.1) is 14.5 Å². The van der Waals surface area contributed by atoms with Gasteiger partial charge in [-0.25, -0.2) is 4.98 Å². The SMILES string of the molecule is O=C(NCCc1nc(-c2ccccc2)c(Br)s1)c1ccc(Br)cc1. The van der Waals surface area contributed by atoms with Gasteiger partial charge < -0.3 is 5.32 Å². The van der Waals surface area contributed by atoms with E-state index in [-0.39, 0.29) is 5.91 Å². The van der Waals surface area contributed by atoms with Gasteiger partial charge in [0.15, 0.2) is 0 Å². The number of benzene rings is 2. The molecular weight excluding hydrogens is 452 g/mol. The second-order valence-corrected chi connectivity index (χ2v) is 8.43. The fourth-order valence-corrected chi connectivity index (χ4v) is 4.16. The fraction of sp³-hybridized carbons (Fsp3) is 0.111. The van der Waals surface area contributed by atoms with Crippen molar-refractivity contribution in [1.29, 1.82) is 0 Å². The molecule has 1 amide bonds. The van der Waals surface area contributed by atoms with E-state index in [0.29, 0.717) is 18.5 Å². The van der Waals surface area contributed by atoms with Crippen LogP contribution in [0.5, 0.6) is 0 Å². The molecular formula is C18H14Br2N2OS. The molecule has 0 radical (unpaired) electrons. The first-order valence-corrected chi connectivity index (χ1v) is 9.78. The van der Waals surface area contributed by atoms with Crippen molar-refractivity contribution in [3.05, 3.63) is 73.4 Å². The molecule has 2 aromatic carbocycles. The van der Waals surface area contributed by atoms with E-state index in [2.05, 4.69) is 42.2 Å². The summed E-state index contributed by atoms with van der Waals surface area (Å²) >= 11 is 8.55. The van der Waals surface area contributed by atoms with Crippen molar-refractivity contribution in [2.24, 2.45) is 0 Å². The zero-order chi connectivity index (χ0) is 16.9. The molecule has 6 heteroatoms. The van der Waals surface area contributed by atoms with Gasteiger partial charge in [-0.2, -0.15) is 0 Å². The minimum Gasteiger partial charge on any atom is -0.352 e. The molecule has 0 aliphatic rings. The monoisotopic (exact) mass is 464 g/mol. The largest absolute Gasteiger partial charge is 0.352 e. The van der Waals surface area contributed by atoms with Gasteiger partial charge >= 0.3 is 0 Å². The number of aromatic nitrogens is 1. The molecule has 0 aliphatic carbocycles. The Morgan fingerprint density at radius 2 is 1.75 bits per heavy atom. The van der Waals surface area contributed by atoms with Gasteiger partial charge in [-0.15, -0.1) is 11.3 Å². The average Bonchev–Trinajstić information content (AvgIpc) is 2.97. The standard InChI is InChI=1S/C18H14Br2N2OS/c19-14-8-6-13(7-9-14)18(23)21-11-10-15-22-16(17(20)24-15)12-4-2-1-3-5-12/h1-9H,10-11H2,(H,21,23). The first kappa shape index (κ1) is 17.3. The molecule has 3 nitrogen and oxygen atoms in total. The Kier molecular flexibility index (Phi) is 5.81. The number of carbonyl (C=O) groups excluding carboxylic acids is 1. The van der Waals surface area contributed by atoms with Crippen LogP contribution in [0.1, 0.15) is 15.4 Å². The topological polar surface area (TPSA) is 42.0 Å². The maximum absolute atomic E-state index is 12.1. The van der Waals surface area contributed by atoms with Crippen molar-refractivity contribution in [3.8, 4) is 11.3 Å². The zero-order valence-corrected chi connectivity index (χ0v) is 16.6. The lowest BCUT2D eigenvalue weighted by atomic mass is 10.2. The summed E-state index contributed by atoms with van der Waals surface area (Å²) in [5.74, 6) is -0.0681. The molecule has 24 heavy (non-hydrogen) atoms. The molecule has 0 fully saturated rings. The summed E-state index contributed by atoms with van der Waals surface area (Å²) in [5.41, 5.74) is 2.70. The Balaban J connectivity index is 1.59. The lowest BCUT2D eigenvalue weighted by Crippen LogP contribution is -2.25. The van der Waals surface area contributed by atoms with Crippen molar-refractivity contribution < 1.29 is 4.79 Å². The number of thiazole rings is 1. The third-order valence-corrected chi connectivity index (χ3v) is 5.70. The predicted octanol–water partition coefficient (Wildman–Crippen LogP) is 5.31. The van der Waals surface area contributed by atoms with E-state index in [0.717, 1.165) is 24.5 Å². The van der Waals surface area contributed by atoms with Crippen LogP contribution in [0.15, 0.2) is 62.9 Å². The maximum atomic E-state index is 12.1. The molecule has 3 rings (SSSR count). The number of nitrogens with one attached hydrogen (secondary N) is 1. The highest BCUT2D eigenvalue weighted by atomic mass is 79.9. The molecule has 1 N–H and O–H groups in total. The number of carbonyl (C=O) groups is 1. The number of halogens is 2. The Labute approximate surface area is 161 Å². The van der Waals surface area contributed by atoms with Crippen molar-refractivity contribution in [3.63, 3.8) is 0 Å². The minimum atomic E-state index is -0.0681. The van der Waals surface area contributed by atoms with E-state index in [1.165, 1.54) is 0 Å². The Morgan fingerprint density at radius 3 is 2.46 bits per heavy atom. The summed E-state index contributed by atoms with van der Waals surface area (Å²) in [6, 6.07) is 17.4. The van der Waals surface area contributed by atoms with Crippen LogP contribution in [-0.2, 0) is 6.42 Å². The highest BCUT2D eigenvalue weighted by molar-refractivity contribution is 9.11. The van der Waals surface area contributed by atoms with Crippen LogP contribution in [0.4, 0.5) is 0 Å². The van der Waals surface area contributed by atoms with E-state index in [9.17, 15) is 4.79 Å². The molecule has 0 saturated heterocycles. The fourth-order valence-electron chi connectivity index (χ4n) is 2.21. The van der Waals surface area contributed by atoms with E-state index in [1.807, 2.05) is 42.5 Å². The average molecular weight is 466 g/mol. The van der Waals surface area contributed by atoms with Gasteiger partial charge in [0.25, 0.3) is 5.91 Å². The molecule has 0 spiro atoms. The second kappa shape index (κ2) is 8.05. The lowest BCUT2D eigenvalue weighted by Gasteiger charge is -2.04. The molecule has 3 aromatic rings. The van der Waals surface area contributed by atoms with E-state index < -0.39 is 0 Å². The van der Waals surface area contributed by atoms with Gasteiger partial charge in [-0.3, -0.25) is 4.79 Å². The van der Waals surface area contributed by atoms with Crippen LogP contribution in [0, 0.1) is 0 Å². The lowest BCUT2D eigenvalue weighted by molar-refractivity contribution is 0.0954. The third kappa shape index (κ3) is 4.32. The van der Waals surface area contributed by atoms with Crippen molar-refractivity contribution >= 4 is 49.1 Å². The number of hydrogen-bond donors (Lipinski definition) is 1. The third-order valence-electron chi connectivity index (χ3n) is 3.41. The summed E-state index contributed by atoms with van der Waals surface area (Å²) in [6.45, 7) is 0.559. The minimum absolute atomic E-state index is 0.0681. The quantitative estimate of drug-likeness (QED) is 0.554. The van der Waals surface area contributed by atoms with Gasteiger partial charge in [0, 0.05) is 28.6 Å². The number of hydrogen-bond acceptors (Lipinski definition) is 3. The van der Waals surface area contributed by atoms with Gasteiger partial charge in [0.1, 0.15) is 0 Å². The highest BCUT2D eigenvalue weighted by Gasteiger charge is 2.11. The Hall–Kier alpha value is -1.50.